The van der Waals surface area contributed by atoms with Crippen LogP contribution >= 0.6 is 0 Å². The standard InChI is InChI=1S/C27H28O/c1-26(2,3)22-15-17(16-23(25(22)28)27(4,5)6)24-20-13-9-7-11-18(20)19-12-8-10-14-21(19)24/h7-16H,1-6H3. The normalized spacial score (nSPS) is 16.6. The molecule has 1 heteroatoms. The van der Waals surface area contributed by atoms with Crippen LogP contribution in [-0.2, 0) is 4.79 Å². The lowest BCUT2D eigenvalue weighted by atomic mass is 9.71. The number of Topliss-reactive ketones (excluding diaryl/α,β-unsaturated/α-hetero) is 1. The van der Waals surface area contributed by atoms with Crippen LogP contribution in [-0.4, -0.2) is 5.78 Å². The van der Waals surface area contributed by atoms with E-state index in [-0.39, 0.29) is 16.6 Å². The third-order valence-corrected chi connectivity index (χ3v) is 5.68. The number of allylic oxidation sites excluding steroid dienone is 5. The monoisotopic (exact) mass is 368 g/mol. The summed E-state index contributed by atoms with van der Waals surface area (Å²) in [6.45, 7) is 12.8. The summed E-state index contributed by atoms with van der Waals surface area (Å²) in [5.74, 6) is 0.184. The molecular formula is C27H28O. The van der Waals surface area contributed by atoms with Crippen molar-refractivity contribution in [3.63, 3.8) is 0 Å². The van der Waals surface area contributed by atoms with Crippen LogP contribution in [0.1, 0.15) is 52.7 Å². The molecule has 2 aromatic carbocycles. The number of carbonyl (C=O) groups excluding carboxylic acids is 1. The largest absolute Gasteiger partial charge is 0.289 e. The van der Waals surface area contributed by atoms with E-state index in [4.69, 9.17) is 0 Å². The van der Waals surface area contributed by atoms with Gasteiger partial charge in [0.15, 0.2) is 5.78 Å². The van der Waals surface area contributed by atoms with E-state index < -0.39 is 0 Å². The first-order valence-electron chi connectivity index (χ1n) is 10.0. The van der Waals surface area contributed by atoms with Gasteiger partial charge in [-0.3, -0.25) is 4.79 Å². The average molecular weight is 369 g/mol. The fourth-order valence-corrected chi connectivity index (χ4v) is 4.22. The van der Waals surface area contributed by atoms with Crippen molar-refractivity contribution in [1.82, 2.24) is 0 Å². The number of rotatable bonds is 0. The van der Waals surface area contributed by atoms with Crippen molar-refractivity contribution >= 4 is 11.4 Å². The van der Waals surface area contributed by atoms with Gasteiger partial charge >= 0.3 is 0 Å². The van der Waals surface area contributed by atoms with Crippen LogP contribution in [0.2, 0.25) is 0 Å². The van der Waals surface area contributed by atoms with Crippen molar-refractivity contribution in [3.8, 4) is 11.1 Å². The Kier molecular flexibility index (Phi) is 4.12. The molecule has 0 unspecified atom stereocenters. The highest BCUT2D eigenvalue weighted by molar-refractivity contribution is 6.14. The van der Waals surface area contributed by atoms with E-state index in [9.17, 15) is 4.79 Å². The first-order chi connectivity index (χ1) is 13.1. The van der Waals surface area contributed by atoms with Gasteiger partial charge in [-0.25, -0.2) is 0 Å². The summed E-state index contributed by atoms with van der Waals surface area (Å²) < 4.78 is 0. The van der Waals surface area contributed by atoms with Crippen LogP contribution in [0.4, 0.5) is 0 Å². The van der Waals surface area contributed by atoms with E-state index in [1.807, 2.05) is 0 Å². The van der Waals surface area contributed by atoms with Gasteiger partial charge in [0, 0.05) is 11.1 Å². The van der Waals surface area contributed by atoms with Gasteiger partial charge in [-0.05, 0) is 56.4 Å². The lowest BCUT2D eigenvalue weighted by Crippen LogP contribution is -2.28. The molecule has 28 heavy (non-hydrogen) atoms. The second kappa shape index (κ2) is 6.17. The molecule has 4 rings (SSSR count). The minimum atomic E-state index is -0.203. The maximum Gasteiger partial charge on any atom is 0.186 e. The minimum absolute atomic E-state index is 0.184. The Morgan fingerprint density at radius 3 is 1.29 bits per heavy atom. The molecule has 0 saturated heterocycles. The number of hydrogen-bond acceptors (Lipinski definition) is 1. The SMILES string of the molecule is CC(C)(C)C1=CC(=C2c3ccccc3-c3ccccc32)C=C(C(C)(C)C)C1=O. The molecule has 0 heterocycles. The maximum absolute atomic E-state index is 13.3. The van der Waals surface area contributed by atoms with Gasteiger partial charge in [-0.15, -0.1) is 0 Å². The molecule has 0 atom stereocenters. The van der Waals surface area contributed by atoms with Gasteiger partial charge < -0.3 is 0 Å². The molecule has 0 amide bonds. The molecule has 0 radical (unpaired) electrons. The van der Waals surface area contributed by atoms with E-state index in [0.717, 1.165) is 16.7 Å². The van der Waals surface area contributed by atoms with Gasteiger partial charge in [0.2, 0.25) is 0 Å². The number of carbonyl (C=O) groups is 1. The number of ketones is 1. The molecule has 0 aromatic heterocycles. The van der Waals surface area contributed by atoms with Crippen LogP contribution in [0.5, 0.6) is 0 Å². The van der Waals surface area contributed by atoms with Gasteiger partial charge in [-0.2, -0.15) is 0 Å². The summed E-state index contributed by atoms with van der Waals surface area (Å²) in [5.41, 5.74) is 8.81. The van der Waals surface area contributed by atoms with Crippen LogP contribution in [0.3, 0.4) is 0 Å². The highest BCUT2D eigenvalue weighted by Crippen LogP contribution is 2.48. The molecule has 0 N–H and O–H groups in total. The van der Waals surface area contributed by atoms with Crippen molar-refractivity contribution in [3.05, 3.63) is 88.5 Å². The lowest BCUT2D eigenvalue weighted by Gasteiger charge is -2.32. The summed E-state index contributed by atoms with van der Waals surface area (Å²) in [7, 11) is 0. The smallest absolute Gasteiger partial charge is 0.186 e. The van der Waals surface area contributed by atoms with Crippen LogP contribution in [0.15, 0.2) is 77.4 Å². The topological polar surface area (TPSA) is 17.1 Å². The first kappa shape index (κ1) is 18.7. The quantitative estimate of drug-likeness (QED) is 0.417. The van der Waals surface area contributed by atoms with Crippen molar-refractivity contribution in [2.45, 2.75) is 41.5 Å². The summed E-state index contributed by atoms with van der Waals surface area (Å²) in [6, 6.07) is 17.2. The first-order valence-corrected chi connectivity index (χ1v) is 10.0. The Bertz CT molecular complexity index is 992. The third kappa shape index (κ3) is 2.90. The lowest BCUT2D eigenvalue weighted by molar-refractivity contribution is -0.114. The Balaban J connectivity index is 2.08. The molecule has 2 aliphatic rings. The molecule has 1 nitrogen and oxygen atoms in total. The summed E-state index contributed by atoms with van der Waals surface area (Å²) in [4.78, 5) is 13.3. The van der Waals surface area contributed by atoms with E-state index in [0.29, 0.717) is 0 Å². The Morgan fingerprint density at radius 2 is 0.929 bits per heavy atom. The minimum Gasteiger partial charge on any atom is -0.289 e. The van der Waals surface area contributed by atoms with Crippen molar-refractivity contribution in [1.29, 1.82) is 0 Å². The molecule has 2 aromatic rings. The van der Waals surface area contributed by atoms with E-state index in [1.165, 1.54) is 27.8 Å². The number of benzene rings is 2. The Morgan fingerprint density at radius 1 is 0.571 bits per heavy atom. The fraction of sp³-hybridized carbons (Fsp3) is 0.296. The maximum atomic E-state index is 13.3. The van der Waals surface area contributed by atoms with Gasteiger partial charge in [-0.1, -0.05) is 90.1 Å². The van der Waals surface area contributed by atoms with Crippen molar-refractivity contribution < 1.29 is 4.79 Å². The molecule has 0 fully saturated rings. The van der Waals surface area contributed by atoms with Crippen LogP contribution in [0.25, 0.3) is 16.7 Å². The van der Waals surface area contributed by atoms with Gasteiger partial charge in [0.25, 0.3) is 0 Å². The van der Waals surface area contributed by atoms with Crippen molar-refractivity contribution in [2.75, 3.05) is 0 Å². The Labute approximate surface area is 168 Å². The molecule has 0 spiro atoms. The Hall–Kier alpha value is -2.67. The average Bonchev–Trinajstić information content (AvgIpc) is 2.95. The molecule has 0 bridgehead atoms. The zero-order valence-electron chi connectivity index (χ0n) is 17.7. The van der Waals surface area contributed by atoms with Gasteiger partial charge in [0.1, 0.15) is 0 Å². The second-order valence-electron chi connectivity index (χ2n) is 9.87. The van der Waals surface area contributed by atoms with Crippen molar-refractivity contribution in [2.24, 2.45) is 10.8 Å². The highest BCUT2D eigenvalue weighted by atomic mass is 16.1. The zero-order valence-corrected chi connectivity index (χ0v) is 17.7. The fourth-order valence-electron chi connectivity index (χ4n) is 4.22. The number of hydrogen-bond donors (Lipinski definition) is 0. The molecule has 0 saturated carbocycles. The molecule has 142 valence electrons. The van der Waals surface area contributed by atoms with Crippen LogP contribution < -0.4 is 0 Å². The zero-order chi connectivity index (χ0) is 20.3. The summed E-state index contributed by atoms with van der Waals surface area (Å²) in [6.07, 6.45) is 4.26. The second-order valence-corrected chi connectivity index (χ2v) is 9.87. The molecule has 0 aliphatic heterocycles. The van der Waals surface area contributed by atoms with E-state index >= 15 is 0 Å². The third-order valence-electron chi connectivity index (χ3n) is 5.68. The van der Waals surface area contributed by atoms with E-state index in [1.54, 1.807) is 0 Å². The predicted octanol–water partition coefficient (Wildman–Crippen LogP) is 7.00. The summed E-state index contributed by atoms with van der Waals surface area (Å²) >= 11 is 0. The molecular weight excluding hydrogens is 340 g/mol. The van der Waals surface area contributed by atoms with Crippen LogP contribution in [0, 0.1) is 10.8 Å². The van der Waals surface area contributed by atoms with Gasteiger partial charge in [0.05, 0.1) is 0 Å². The molecule has 2 aliphatic carbocycles. The van der Waals surface area contributed by atoms with E-state index in [2.05, 4.69) is 102 Å². The predicted molar refractivity (Wildman–Crippen MR) is 118 cm³/mol. The number of fused-ring (bicyclic) bond motifs is 3. The highest BCUT2D eigenvalue weighted by Gasteiger charge is 2.35. The summed E-state index contributed by atoms with van der Waals surface area (Å²) in [5, 5.41) is 0.